The molecule has 0 spiro atoms. The molecule has 2 nitrogen and oxygen atoms in total. The Morgan fingerprint density at radius 2 is 1.43 bits per heavy atom. The van der Waals surface area contributed by atoms with Crippen molar-refractivity contribution in [1.29, 1.82) is 0 Å². The van der Waals surface area contributed by atoms with E-state index in [0.717, 1.165) is 33.0 Å². The average molecular weight is 338 g/mol. The first kappa shape index (κ1) is 12.5. The summed E-state index contributed by atoms with van der Waals surface area (Å²) in [6.45, 7) is 0. The van der Waals surface area contributed by atoms with E-state index in [0.29, 0.717) is 0 Å². The van der Waals surface area contributed by atoms with Gasteiger partial charge in [-0.05, 0) is 52.3 Å². The third-order valence-corrected chi connectivity index (χ3v) is 4.15. The lowest BCUT2D eigenvalue weighted by atomic mass is 10.1. The third-order valence-electron chi connectivity index (χ3n) is 3.51. The van der Waals surface area contributed by atoms with Crippen molar-refractivity contribution in [3.63, 3.8) is 0 Å². The summed E-state index contributed by atoms with van der Waals surface area (Å²) in [5, 5.41) is 0. The Hall–Kier alpha value is -2.26. The number of halogens is 1. The van der Waals surface area contributed by atoms with Crippen LogP contribution in [0.15, 0.2) is 77.3 Å². The Bertz CT molecular complexity index is 801. The van der Waals surface area contributed by atoms with Crippen LogP contribution in [0.1, 0.15) is 0 Å². The second kappa shape index (κ2) is 4.93. The van der Waals surface area contributed by atoms with E-state index in [1.165, 1.54) is 0 Å². The van der Waals surface area contributed by atoms with Crippen LogP contribution >= 0.6 is 15.9 Å². The fourth-order valence-corrected chi connectivity index (χ4v) is 3.13. The smallest absolute Gasteiger partial charge is 0.152 e. The zero-order chi connectivity index (χ0) is 14.2. The number of rotatable bonds is 1. The van der Waals surface area contributed by atoms with Gasteiger partial charge in [-0.3, -0.25) is 0 Å². The van der Waals surface area contributed by atoms with E-state index >= 15 is 0 Å². The molecule has 0 atom stereocenters. The summed E-state index contributed by atoms with van der Waals surface area (Å²) in [6, 6.07) is 24.4. The van der Waals surface area contributed by atoms with Gasteiger partial charge in [0.25, 0.3) is 0 Å². The van der Waals surface area contributed by atoms with Crippen LogP contribution in [0.2, 0.25) is 0 Å². The maximum absolute atomic E-state index is 6.04. The van der Waals surface area contributed by atoms with E-state index in [4.69, 9.17) is 4.74 Å². The molecule has 0 radical (unpaired) electrons. The molecule has 4 rings (SSSR count). The highest BCUT2D eigenvalue weighted by molar-refractivity contribution is 9.10. The van der Waals surface area contributed by atoms with Crippen molar-refractivity contribution in [2.75, 3.05) is 4.90 Å². The highest BCUT2D eigenvalue weighted by Crippen LogP contribution is 2.52. The van der Waals surface area contributed by atoms with Gasteiger partial charge in [0.2, 0.25) is 0 Å². The van der Waals surface area contributed by atoms with Gasteiger partial charge in [0.15, 0.2) is 11.5 Å². The summed E-state index contributed by atoms with van der Waals surface area (Å²) in [6.07, 6.45) is 0. The van der Waals surface area contributed by atoms with Crippen LogP contribution in [0.25, 0.3) is 0 Å². The van der Waals surface area contributed by atoms with E-state index in [2.05, 4.69) is 39.0 Å². The highest BCUT2D eigenvalue weighted by Gasteiger charge is 2.27. The molecule has 1 aliphatic rings. The average Bonchev–Trinajstić information content (AvgIpc) is 2.54. The number of fused-ring (bicyclic) bond motifs is 2. The first-order valence-corrected chi connectivity index (χ1v) is 7.54. The molecule has 0 N–H and O–H groups in total. The van der Waals surface area contributed by atoms with Crippen molar-refractivity contribution in [3.05, 3.63) is 77.3 Å². The molecular weight excluding hydrogens is 326 g/mol. The van der Waals surface area contributed by atoms with Gasteiger partial charge in [0, 0.05) is 10.2 Å². The number of benzene rings is 3. The van der Waals surface area contributed by atoms with Crippen LogP contribution in [0.3, 0.4) is 0 Å². The number of ether oxygens (including phenoxy) is 1. The lowest BCUT2D eigenvalue weighted by Crippen LogP contribution is -2.16. The lowest BCUT2D eigenvalue weighted by molar-refractivity contribution is 0.476. The van der Waals surface area contributed by atoms with Gasteiger partial charge >= 0.3 is 0 Å². The maximum Gasteiger partial charge on any atom is 0.152 e. The normalized spacial score (nSPS) is 12.3. The molecule has 1 heterocycles. The number of para-hydroxylation sites is 4. The molecule has 0 bridgehead atoms. The zero-order valence-corrected chi connectivity index (χ0v) is 12.7. The molecule has 0 saturated heterocycles. The molecule has 0 saturated carbocycles. The Balaban J connectivity index is 2.01. The second-order valence-electron chi connectivity index (χ2n) is 4.83. The number of nitrogens with zero attached hydrogens (tertiary/aromatic N) is 1. The zero-order valence-electron chi connectivity index (χ0n) is 11.2. The third kappa shape index (κ3) is 2.01. The van der Waals surface area contributed by atoms with E-state index < -0.39 is 0 Å². The predicted molar refractivity (Wildman–Crippen MR) is 88.9 cm³/mol. The summed E-state index contributed by atoms with van der Waals surface area (Å²) < 4.78 is 7.05. The molecule has 0 aromatic heterocycles. The minimum absolute atomic E-state index is 0.854. The van der Waals surface area contributed by atoms with Crippen molar-refractivity contribution in [2.24, 2.45) is 0 Å². The Morgan fingerprint density at radius 1 is 0.714 bits per heavy atom. The van der Waals surface area contributed by atoms with Crippen LogP contribution in [0, 0.1) is 0 Å². The lowest BCUT2D eigenvalue weighted by Gasteiger charge is -2.33. The van der Waals surface area contributed by atoms with Crippen molar-refractivity contribution in [1.82, 2.24) is 0 Å². The van der Waals surface area contributed by atoms with E-state index in [-0.39, 0.29) is 0 Å². The number of hydrogen-bond donors (Lipinski definition) is 0. The second-order valence-corrected chi connectivity index (χ2v) is 5.68. The first-order valence-electron chi connectivity index (χ1n) is 6.75. The molecule has 21 heavy (non-hydrogen) atoms. The molecule has 3 heteroatoms. The Labute approximate surface area is 131 Å². The van der Waals surface area contributed by atoms with Crippen molar-refractivity contribution < 1.29 is 4.74 Å². The molecule has 1 aliphatic heterocycles. The number of hydrogen-bond acceptors (Lipinski definition) is 2. The van der Waals surface area contributed by atoms with Crippen LogP contribution in [0.4, 0.5) is 17.1 Å². The summed E-state index contributed by atoms with van der Waals surface area (Å²) in [5.74, 6) is 1.72. The molecule has 0 aliphatic carbocycles. The fourth-order valence-electron chi connectivity index (χ4n) is 2.61. The topological polar surface area (TPSA) is 12.5 Å². The van der Waals surface area contributed by atoms with Gasteiger partial charge in [-0.15, -0.1) is 0 Å². The van der Waals surface area contributed by atoms with Crippen LogP contribution in [-0.4, -0.2) is 0 Å². The summed E-state index contributed by atoms with van der Waals surface area (Å²) >= 11 is 3.65. The van der Waals surface area contributed by atoms with Crippen molar-refractivity contribution in [2.45, 2.75) is 0 Å². The van der Waals surface area contributed by atoms with Crippen LogP contribution < -0.4 is 9.64 Å². The number of anilines is 3. The highest BCUT2D eigenvalue weighted by atomic mass is 79.9. The van der Waals surface area contributed by atoms with E-state index in [1.807, 2.05) is 54.6 Å². The van der Waals surface area contributed by atoms with Crippen LogP contribution in [-0.2, 0) is 0 Å². The Morgan fingerprint density at radius 3 is 2.29 bits per heavy atom. The predicted octanol–water partition coefficient (Wildman–Crippen LogP) is 6.02. The van der Waals surface area contributed by atoms with Gasteiger partial charge in [-0.25, -0.2) is 0 Å². The summed E-state index contributed by atoms with van der Waals surface area (Å²) in [4.78, 5) is 2.22. The maximum atomic E-state index is 6.04. The van der Waals surface area contributed by atoms with Gasteiger partial charge in [-0.2, -0.15) is 0 Å². The van der Waals surface area contributed by atoms with E-state index in [9.17, 15) is 0 Å². The van der Waals surface area contributed by atoms with Gasteiger partial charge < -0.3 is 9.64 Å². The molecule has 0 amide bonds. The minimum Gasteiger partial charge on any atom is -0.453 e. The summed E-state index contributed by atoms with van der Waals surface area (Å²) in [7, 11) is 0. The van der Waals surface area contributed by atoms with E-state index in [1.54, 1.807) is 0 Å². The largest absolute Gasteiger partial charge is 0.453 e. The van der Waals surface area contributed by atoms with Gasteiger partial charge in [0.1, 0.15) is 5.69 Å². The Kier molecular flexibility index (Phi) is 2.93. The van der Waals surface area contributed by atoms with Gasteiger partial charge in [0.05, 0.1) is 5.69 Å². The summed E-state index contributed by atoms with van der Waals surface area (Å²) in [5.41, 5.74) is 3.19. The monoisotopic (exact) mass is 337 g/mol. The van der Waals surface area contributed by atoms with Crippen LogP contribution in [0.5, 0.6) is 11.5 Å². The first-order chi connectivity index (χ1) is 10.3. The minimum atomic E-state index is 0.854. The SMILES string of the molecule is Brc1cccc2c1N(c1ccccc1)c1ccccc1O2. The molecule has 0 fully saturated rings. The van der Waals surface area contributed by atoms with Crippen molar-refractivity contribution in [3.8, 4) is 11.5 Å². The van der Waals surface area contributed by atoms with Crippen molar-refractivity contribution >= 4 is 33.0 Å². The molecule has 0 unspecified atom stereocenters. The molecular formula is C18H12BrNO. The standard InChI is InChI=1S/C18H12BrNO/c19-14-9-6-12-17-18(14)20(13-7-2-1-3-8-13)15-10-4-5-11-16(15)21-17/h1-12H. The fraction of sp³-hybridized carbons (Fsp3) is 0. The molecule has 3 aromatic rings. The quantitative estimate of drug-likeness (QED) is 0.420. The van der Waals surface area contributed by atoms with Gasteiger partial charge in [-0.1, -0.05) is 36.4 Å². The molecule has 3 aromatic carbocycles. The molecule has 102 valence electrons.